The van der Waals surface area contributed by atoms with Crippen molar-refractivity contribution in [2.45, 2.75) is 32.1 Å². The van der Waals surface area contributed by atoms with Crippen molar-refractivity contribution in [3.8, 4) is 6.07 Å². The van der Waals surface area contributed by atoms with Gasteiger partial charge in [-0.05, 0) is 37.1 Å². The summed E-state index contributed by atoms with van der Waals surface area (Å²) < 4.78 is 5.13. The number of carbonyl (C=O) groups is 1. The SMILES string of the molecule is N#CCCCCCCOC(=O)c1ccc(Cl)cc1. The monoisotopic (exact) mass is 265 g/mol. The predicted molar refractivity (Wildman–Crippen MR) is 70.4 cm³/mol. The first kappa shape index (κ1) is 14.5. The van der Waals surface area contributed by atoms with Crippen LogP contribution in [0.5, 0.6) is 0 Å². The highest BCUT2D eigenvalue weighted by molar-refractivity contribution is 6.30. The molecular formula is C14H16ClNO2. The van der Waals surface area contributed by atoms with Crippen LogP contribution in [0.1, 0.15) is 42.5 Å². The van der Waals surface area contributed by atoms with Gasteiger partial charge in [0.25, 0.3) is 0 Å². The average Bonchev–Trinajstić information content (AvgIpc) is 2.38. The molecular weight excluding hydrogens is 250 g/mol. The van der Waals surface area contributed by atoms with Crippen LogP contribution in [0.15, 0.2) is 24.3 Å². The van der Waals surface area contributed by atoms with E-state index in [9.17, 15) is 4.79 Å². The molecule has 0 radical (unpaired) electrons. The van der Waals surface area contributed by atoms with Crippen LogP contribution in [-0.2, 0) is 4.74 Å². The van der Waals surface area contributed by atoms with Crippen LogP contribution < -0.4 is 0 Å². The van der Waals surface area contributed by atoms with E-state index in [-0.39, 0.29) is 5.97 Å². The lowest BCUT2D eigenvalue weighted by atomic mass is 10.1. The van der Waals surface area contributed by atoms with Crippen LogP contribution in [-0.4, -0.2) is 12.6 Å². The van der Waals surface area contributed by atoms with Gasteiger partial charge in [0.2, 0.25) is 0 Å². The van der Waals surface area contributed by atoms with Crippen molar-refractivity contribution in [2.75, 3.05) is 6.61 Å². The lowest BCUT2D eigenvalue weighted by Gasteiger charge is -2.04. The van der Waals surface area contributed by atoms with Crippen molar-refractivity contribution in [1.82, 2.24) is 0 Å². The minimum atomic E-state index is -0.316. The zero-order chi connectivity index (χ0) is 13.2. The zero-order valence-electron chi connectivity index (χ0n) is 10.2. The smallest absolute Gasteiger partial charge is 0.338 e. The number of unbranched alkanes of at least 4 members (excludes halogenated alkanes) is 4. The Hall–Kier alpha value is -1.53. The molecule has 0 bridgehead atoms. The number of benzene rings is 1. The van der Waals surface area contributed by atoms with Gasteiger partial charge < -0.3 is 4.74 Å². The maximum Gasteiger partial charge on any atom is 0.338 e. The summed E-state index contributed by atoms with van der Waals surface area (Å²) in [6.45, 7) is 0.425. The largest absolute Gasteiger partial charge is 0.462 e. The number of nitriles is 1. The van der Waals surface area contributed by atoms with Gasteiger partial charge in [0.1, 0.15) is 0 Å². The van der Waals surface area contributed by atoms with Gasteiger partial charge in [0.15, 0.2) is 0 Å². The molecule has 0 fully saturated rings. The molecule has 0 unspecified atom stereocenters. The third-order valence-electron chi connectivity index (χ3n) is 2.50. The van der Waals surface area contributed by atoms with E-state index in [4.69, 9.17) is 21.6 Å². The van der Waals surface area contributed by atoms with Crippen molar-refractivity contribution in [2.24, 2.45) is 0 Å². The molecule has 0 spiro atoms. The minimum absolute atomic E-state index is 0.316. The Balaban J connectivity index is 2.14. The number of ether oxygens (including phenoxy) is 1. The summed E-state index contributed by atoms with van der Waals surface area (Å²) in [4.78, 5) is 11.6. The summed E-state index contributed by atoms with van der Waals surface area (Å²) in [6, 6.07) is 8.74. The quantitative estimate of drug-likeness (QED) is 0.554. The van der Waals surface area contributed by atoms with Crippen LogP contribution in [0.4, 0.5) is 0 Å². The highest BCUT2D eigenvalue weighted by atomic mass is 35.5. The molecule has 4 heteroatoms. The van der Waals surface area contributed by atoms with E-state index >= 15 is 0 Å². The first-order valence-corrected chi connectivity index (χ1v) is 6.41. The Morgan fingerprint density at radius 2 is 1.83 bits per heavy atom. The van der Waals surface area contributed by atoms with E-state index in [0.717, 1.165) is 25.7 Å². The van der Waals surface area contributed by atoms with Crippen LogP contribution in [0, 0.1) is 11.3 Å². The van der Waals surface area contributed by atoms with Crippen molar-refractivity contribution < 1.29 is 9.53 Å². The highest BCUT2D eigenvalue weighted by Gasteiger charge is 2.05. The molecule has 0 aliphatic rings. The summed E-state index contributed by atoms with van der Waals surface area (Å²) in [7, 11) is 0. The molecule has 0 N–H and O–H groups in total. The molecule has 0 atom stereocenters. The van der Waals surface area contributed by atoms with Gasteiger partial charge in [-0.15, -0.1) is 0 Å². The Kier molecular flexibility index (Phi) is 6.90. The topological polar surface area (TPSA) is 50.1 Å². The van der Waals surface area contributed by atoms with E-state index < -0.39 is 0 Å². The maximum absolute atomic E-state index is 11.6. The Morgan fingerprint density at radius 3 is 2.50 bits per heavy atom. The molecule has 0 aromatic heterocycles. The van der Waals surface area contributed by atoms with Crippen molar-refractivity contribution in [3.63, 3.8) is 0 Å². The number of halogens is 1. The summed E-state index contributed by atoms with van der Waals surface area (Å²) in [5.74, 6) is -0.316. The van der Waals surface area contributed by atoms with Gasteiger partial charge in [0.05, 0.1) is 18.2 Å². The Labute approximate surface area is 112 Å². The third kappa shape index (κ3) is 5.70. The molecule has 3 nitrogen and oxygen atoms in total. The molecule has 0 aliphatic carbocycles. The van der Waals surface area contributed by atoms with Gasteiger partial charge in [-0.2, -0.15) is 5.26 Å². The molecule has 0 saturated carbocycles. The van der Waals surface area contributed by atoms with Crippen LogP contribution in [0.2, 0.25) is 5.02 Å². The highest BCUT2D eigenvalue weighted by Crippen LogP contribution is 2.11. The molecule has 0 saturated heterocycles. The number of nitrogens with zero attached hydrogens (tertiary/aromatic N) is 1. The maximum atomic E-state index is 11.6. The molecule has 0 heterocycles. The summed E-state index contributed by atoms with van der Waals surface area (Å²) in [5.41, 5.74) is 0.517. The second kappa shape index (κ2) is 8.54. The van der Waals surface area contributed by atoms with Crippen molar-refractivity contribution in [3.05, 3.63) is 34.9 Å². The summed E-state index contributed by atoms with van der Waals surface area (Å²) >= 11 is 5.73. The number of carbonyl (C=O) groups excluding carboxylic acids is 1. The lowest BCUT2D eigenvalue weighted by Crippen LogP contribution is -2.06. The van der Waals surface area contributed by atoms with E-state index in [1.807, 2.05) is 0 Å². The normalized spacial score (nSPS) is 9.78. The van der Waals surface area contributed by atoms with E-state index in [2.05, 4.69) is 6.07 Å². The number of esters is 1. The van der Waals surface area contributed by atoms with E-state index in [1.165, 1.54) is 0 Å². The number of hydrogen-bond acceptors (Lipinski definition) is 3. The second-order valence-electron chi connectivity index (χ2n) is 3.97. The Bertz CT molecular complexity index is 409. The van der Waals surface area contributed by atoms with E-state index in [0.29, 0.717) is 23.6 Å². The van der Waals surface area contributed by atoms with E-state index in [1.54, 1.807) is 24.3 Å². The standard InChI is InChI=1S/C14H16ClNO2/c15-13-8-6-12(7-9-13)14(17)18-11-5-3-1-2-4-10-16/h6-9H,1-5,11H2. The van der Waals surface area contributed by atoms with Gasteiger partial charge in [-0.25, -0.2) is 4.79 Å². The predicted octanol–water partition coefficient (Wildman–Crippen LogP) is 3.97. The average molecular weight is 266 g/mol. The first-order chi connectivity index (χ1) is 8.74. The van der Waals surface area contributed by atoms with Crippen molar-refractivity contribution >= 4 is 17.6 Å². The zero-order valence-corrected chi connectivity index (χ0v) is 10.9. The molecule has 18 heavy (non-hydrogen) atoms. The fraction of sp³-hybridized carbons (Fsp3) is 0.429. The fourth-order valence-electron chi connectivity index (χ4n) is 1.49. The van der Waals surface area contributed by atoms with Gasteiger partial charge in [0, 0.05) is 11.4 Å². The molecule has 1 aromatic rings. The fourth-order valence-corrected chi connectivity index (χ4v) is 1.62. The molecule has 1 aromatic carbocycles. The molecule has 1 rings (SSSR count). The lowest BCUT2D eigenvalue weighted by molar-refractivity contribution is 0.0498. The van der Waals surface area contributed by atoms with Gasteiger partial charge in [-0.1, -0.05) is 24.4 Å². The second-order valence-corrected chi connectivity index (χ2v) is 4.40. The summed E-state index contributed by atoms with van der Waals surface area (Å²) in [6.07, 6.45) is 4.35. The molecule has 0 amide bonds. The summed E-state index contributed by atoms with van der Waals surface area (Å²) in [5, 5.41) is 8.96. The third-order valence-corrected chi connectivity index (χ3v) is 2.75. The minimum Gasteiger partial charge on any atom is -0.462 e. The van der Waals surface area contributed by atoms with Crippen LogP contribution in [0.3, 0.4) is 0 Å². The van der Waals surface area contributed by atoms with Crippen LogP contribution >= 0.6 is 11.6 Å². The van der Waals surface area contributed by atoms with Gasteiger partial charge in [-0.3, -0.25) is 0 Å². The Morgan fingerprint density at radius 1 is 1.17 bits per heavy atom. The number of rotatable bonds is 7. The van der Waals surface area contributed by atoms with Crippen LogP contribution in [0.25, 0.3) is 0 Å². The molecule has 0 aliphatic heterocycles. The van der Waals surface area contributed by atoms with Gasteiger partial charge >= 0.3 is 5.97 Å². The first-order valence-electron chi connectivity index (χ1n) is 6.03. The molecule has 96 valence electrons. The van der Waals surface area contributed by atoms with Crippen molar-refractivity contribution in [1.29, 1.82) is 5.26 Å². The number of hydrogen-bond donors (Lipinski definition) is 0.